The summed E-state index contributed by atoms with van der Waals surface area (Å²) in [7, 11) is 0. The second-order valence-electron chi connectivity index (χ2n) is 4.64. The summed E-state index contributed by atoms with van der Waals surface area (Å²) < 4.78 is 6.52. The lowest BCUT2D eigenvalue weighted by Gasteiger charge is -2.04. The number of aryl methyl sites for hydroxylation is 1. The summed E-state index contributed by atoms with van der Waals surface area (Å²) in [5.41, 5.74) is 2.83. The molecule has 0 aromatic carbocycles. The van der Waals surface area contributed by atoms with Gasteiger partial charge in [-0.15, -0.1) is 0 Å². The normalized spacial score (nSPS) is 10.9. The summed E-state index contributed by atoms with van der Waals surface area (Å²) in [5, 5.41) is 4.41. The van der Waals surface area contributed by atoms with Gasteiger partial charge in [0.15, 0.2) is 11.3 Å². The number of hydrogen-bond acceptors (Lipinski definition) is 5. The first-order valence-electron chi connectivity index (χ1n) is 6.75. The van der Waals surface area contributed by atoms with Crippen molar-refractivity contribution in [2.75, 3.05) is 6.61 Å². The minimum atomic E-state index is -0.500. The van der Waals surface area contributed by atoms with Crippen LogP contribution in [0.25, 0.3) is 16.9 Å². The molecule has 0 aliphatic heterocycles. The second kappa shape index (κ2) is 5.73. The van der Waals surface area contributed by atoms with Crippen LogP contribution in [-0.2, 0) is 4.74 Å². The molecule has 0 spiro atoms. The van der Waals surface area contributed by atoms with Crippen LogP contribution >= 0.6 is 11.6 Å². The minimum Gasteiger partial charge on any atom is -0.461 e. The van der Waals surface area contributed by atoms with Gasteiger partial charge >= 0.3 is 5.97 Å². The molecule has 0 N–H and O–H groups in total. The third kappa shape index (κ3) is 2.53. The van der Waals surface area contributed by atoms with Gasteiger partial charge in [0.1, 0.15) is 10.8 Å². The van der Waals surface area contributed by atoms with Gasteiger partial charge < -0.3 is 4.74 Å². The van der Waals surface area contributed by atoms with Crippen molar-refractivity contribution in [3.63, 3.8) is 0 Å². The molecule has 0 radical (unpaired) electrons. The van der Waals surface area contributed by atoms with E-state index >= 15 is 0 Å². The number of ether oxygens (including phenoxy) is 1. The molecule has 0 atom stereocenters. The summed E-state index contributed by atoms with van der Waals surface area (Å²) >= 11 is 5.92. The average Bonchev–Trinajstić information content (AvgIpc) is 2.86. The van der Waals surface area contributed by atoms with Gasteiger partial charge in [-0.2, -0.15) is 5.10 Å². The standard InChI is InChI=1S/C15H13ClN4O2/c1-3-22-15(21)14-13(10-5-4-9(2)17-8-10)18-12-7-6-11(16)19-20(12)14/h4-8H,3H2,1-2H3. The van der Waals surface area contributed by atoms with Gasteiger partial charge in [-0.3, -0.25) is 4.98 Å². The first kappa shape index (κ1) is 14.5. The predicted molar refractivity (Wildman–Crippen MR) is 81.9 cm³/mol. The van der Waals surface area contributed by atoms with Crippen LogP contribution in [-0.4, -0.2) is 32.2 Å². The molecule has 6 nitrogen and oxygen atoms in total. The molecule has 112 valence electrons. The van der Waals surface area contributed by atoms with E-state index in [4.69, 9.17) is 16.3 Å². The number of rotatable bonds is 3. The van der Waals surface area contributed by atoms with Crippen LogP contribution in [0.1, 0.15) is 23.1 Å². The molecule has 3 aromatic heterocycles. The topological polar surface area (TPSA) is 69.4 Å². The molecule has 7 heteroatoms. The van der Waals surface area contributed by atoms with Crippen molar-refractivity contribution in [1.82, 2.24) is 19.6 Å². The Morgan fingerprint density at radius 2 is 2.14 bits per heavy atom. The van der Waals surface area contributed by atoms with Crippen molar-refractivity contribution in [3.05, 3.63) is 47.0 Å². The summed E-state index contributed by atoms with van der Waals surface area (Å²) in [6.45, 7) is 3.90. The molecule has 3 aromatic rings. The van der Waals surface area contributed by atoms with Crippen LogP contribution in [0, 0.1) is 6.92 Å². The van der Waals surface area contributed by atoms with E-state index in [0.717, 1.165) is 11.3 Å². The Kier molecular flexibility index (Phi) is 3.77. The zero-order valence-corrected chi connectivity index (χ0v) is 12.8. The van der Waals surface area contributed by atoms with Gasteiger partial charge in [0.2, 0.25) is 0 Å². The molecule has 0 aliphatic rings. The first-order valence-corrected chi connectivity index (χ1v) is 7.13. The number of carbonyl (C=O) groups excluding carboxylic acids is 1. The van der Waals surface area contributed by atoms with Crippen LogP contribution in [0.4, 0.5) is 0 Å². The van der Waals surface area contributed by atoms with E-state index in [0.29, 0.717) is 11.3 Å². The molecule has 0 unspecified atom stereocenters. The number of carbonyl (C=O) groups is 1. The van der Waals surface area contributed by atoms with E-state index in [2.05, 4.69) is 15.1 Å². The lowest BCUT2D eigenvalue weighted by atomic mass is 10.1. The Morgan fingerprint density at radius 1 is 1.32 bits per heavy atom. The third-order valence-corrected chi connectivity index (χ3v) is 3.30. The minimum absolute atomic E-state index is 0.241. The number of halogens is 1. The van der Waals surface area contributed by atoms with E-state index in [1.165, 1.54) is 4.52 Å². The van der Waals surface area contributed by atoms with Crippen LogP contribution in [0.5, 0.6) is 0 Å². The number of hydrogen-bond donors (Lipinski definition) is 0. The fourth-order valence-corrected chi connectivity index (χ4v) is 2.24. The lowest BCUT2D eigenvalue weighted by molar-refractivity contribution is 0.0518. The molecule has 0 amide bonds. The highest BCUT2D eigenvalue weighted by molar-refractivity contribution is 6.29. The van der Waals surface area contributed by atoms with Gasteiger partial charge in [0.25, 0.3) is 0 Å². The van der Waals surface area contributed by atoms with Crippen LogP contribution < -0.4 is 0 Å². The van der Waals surface area contributed by atoms with Gasteiger partial charge in [-0.1, -0.05) is 11.6 Å². The van der Waals surface area contributed by atoms with Gasteiger partial charge in [-0.05, 0) is 38.1 Å². The molecule has 0 saturated heterocycles. The molecule has 0 saturated carbocycles. The highest BCUT2D eigenvalue weighted by atomic mass is 35.5. The number of nitrogens with zero attached hydrogens (tertiary/aromatic N) is 4. The quantitative estimate of drug-likeness (QED) is 0.695. The Labute approximate surface area is 131 Å². The SMILES string of the molecule is CCOC(=O)c1c(-c2ccc(C)nc2)nc2ccc(Cl)nn12. The molecule has 3 heterocycles. The number of aromatic nitrogens is 4. The van der Waals surface area contributed by atoms with Crippen LogP contribution in [0.2, 0.25) is 5.15 Å². The van der Waals surface area contributed by atoms with Gasteiger partial charge in [-0.25, -0.2) is 14.3 Å². The maximum atomic E-state index is 12.3. The maximum Gasteiger partial charge on any atom is 0.359 e. The van der Waals surface area contributed by atoms with E-state index in [1.807, 2.05) is 19.1 Å². The molecule has 0 aliphatic carbocycles. The van der Waals surface area contributed by atoms with Gasteiger partial charge in [0.05, 0.1) is 6.61 Å². The molecule has 0 bridgehead atoms. The lowest BCUT2D eigenvalue weighted by Crippen LogP contribution is -2.11. The smallest absolute Gasteiger partial charge is 0.359 e. The summed E-state index contributed by atoms with van der Waals surface area (Å²) in [6.07, 6.45) is 1.67. The van der Waals surface area contributed by atoms with Gasteiger partial charge in [0, 0.05) is 17.5 Å². The molecule has 22 heavy (non-hydrogen) atoms. The third-order valence-electron chi connectivity index (χ3n) is 3.10. The van der Waals surface area contributed by atoms with Crippen molar-refractivity contribution in [3.8, 4) is 11.3 Å². The van der Waals surface area contributed by atoms with E-state index in [-0.39, 0.29) is 17.5 Å². The number of fused-ring (bicyclic) bond motifs is 1. The molecular weight excluding hydrogens is 304 g/mol. The first-order chi connectivity index (χ1) is 10.6. The number of esters is 1. The van der Waals surface area contributed by atoms with E-state index in [9.17, 15) is 4.79 Å². The van der Waals surface area contributed by atoms with Crippen LogP contribution in [0.3, 0.4) is 0 Å². The summed E-state index contributed by atoms with van der Waals surface area (Å²) in [5.74, 6) is -0.500. The Hall–Kier alpha value is -2.47. The molecular formula is C15H13ClN4O2. The van der Waals surface area contributed by atoms with Crippen molar-refractivity contribution in [2.45, 2.75) is 13.8 Å². The fraction of sp³-hybridized carbons (Fsp3) is 0.200. The zero-order chi connectivity index (χ0) is 15.7. The number of imidazole rings is 1. The van der Waals surface area contributed by atoms with E-state index in [1.54, 1.807) is 25.3 Å². The fourth-order valence-electron chi connectivity index (χ4n) is 2.10. The number of pyridine rings is 1. The Bertz CT molecular complexity index is 843. The monoisotopic (exact) mass is 316 g/mol. The second-order valence-corrected chi connectivity index (χ2v) is 5.03. The highest BCUT2D eigenvalue weighted by Gasteiger charge is 2.23. The maximum absolute atomic E-state index is 12.3. The van der Waals surface area contributed by atoms with Crippen molar-refractivity contribution < 1.29 is 9.53 Å². The van der Waals surface area contributed by atoms with Crippen molar-refractivity contribution >= 4 is 23.2 Å². The zero-order valence-electron chi connectivity index (χ0n) is 12.1. The predicted octanol–water partition coefficient (Wildman–Crippen LogP) is 2.93. The Balaban J connectivity index is 2.26. The van der Waals surface area contributed by atoms with Crippen molar-refractivity contribution in [2.24, 2.45) is 0 Å². The largest absolute Gasteiger partial charge is 0.461 e. The summed E-state index contributed by atoms with van der Waals surface area (Å²) in [4.78, 5) is 21.0. The van der Waals surface area contributed by atoms with E-state index < -0.39 is 5.97 Å². The Morgan fingerprint density at radius 3 is 2.82 bits per heavy atom. The highest BCUT2D eigenvalue weighted by Crippen LogP contribution is 2.25. The molecule has 0 fully saturated rings. The molecule has 3 rings (SSSR count). The van der Waals surface area contributed by atoms with Crippen molar-refractivity contribution in [1.29, 1.82) is 0 Å². The average molecular weight is 317 g/mol. The summed E-state index contributed by atoms with van der Waals surface area (Å²) in [6, 6.07) is 7.03. The van der Waals surface area contributed by atoms with Crippen LogP contribution in [0.15, 0.2) is 30.5 Å².